The predicted octanol–water partition coefficient (Wildman–Crippen LogP) is -1.44. The Labute approximate surface area is 210 Å². The van der Waals surface area contributed by atoms with Gasteiger partial charge in [-0.3, -0.25) is 23.3 Å². The summed E-state index contributed by atoms with van der Waals surface area (Å²) in [5.74, 6) is -0.704. The van der Waals surface area contributed by atoms with Crippen molar-refractivity contribution in [2.45, 2.75) is 26.8 Å². The van der Waals surface area contributed by atoms with E-state index in [9.17, 15) is 23.9 Å². The first-order valence-electron chi connectivity index (χ1n) is 9.92. The number of rotatable bonds is 4. The van der Waals surface area contributed by atoms with E-state index >= 15 is 0 Å². The van der Waals surface area contributed by atoms with Gasteiger partial charge in [-0.15, -0.1) is 0 Å². The maximum absolute atomic E-state index is 13.4. The van der Waals surface area contributed by atoms with Crippen LogP contribution in [0.1, 0.15) is 26.4 Å². The molecule has 0 spiro atoms. The number of nitrogens with zero attached hydrogens (tertiary/aromatic N) is 5. The first kappa shape index (κ1) is 24.7. The Balaban J connectivity index is 0.00000204. The van der Waals surface area contributed by atoms with E-state index in [0.717, 1.165) is 14.5 Å². The minimum Gasteiger partial charge on any atom is -1.00 e. The third kappa shape index (κ3) is 4.09. The summed E-state index contributed by atoms with van der Waals surface area (Å²) in [4.78, 5) is 43.1. The van der Waals surface area contributed by atoms with Gasteiger partial charge in [-0.2, -0.15) is 4.98 Å². The summed E-state index contributed by atoms with van der Waals surface area (Å²) >= 11 is 0. The standard InChI is InChI=1S/C22H22FN5O4.Na.H/c1-12(2)5-10-15-18(29)27(11-13-6-8-14(23)9-7-13)21-24-17-16(28(21)19(15)30)20(31)26(4)22(32)25(17)3;;/h5-9,29H,10-11H2,1-4H3;;/q;+1;-1. The van der Waals surface area contributed by atoms with Gasteiger partial charge in [-0.1, -0.05) is 23.8 Å². The summed E-state index contributed by atoms with van der Waals surface area (Å²) in [6.45, 7) is 3.80. The van der Waals surface area contributed by atoms with Gasteiger partial charge in [0.25, 0.3) is 11.1 Å². The van der Waals surface area contributed by atoms with Crippen molar-refractivity contribution in [3.63, 3.8) is 0 Å². The van der Waals surface area contributed by atoms with Crippen LogP contribution in [0.15, 0.2) is 50.3 Å². The molecule has 1 N–H and O–H groups in total. The van der Waals surface area contributed by atoms with Crippen LogP contribution in [0.5, 0.6) is 5.88 Å². The molecule has 0 unspecified atom stereocenters. The van der Waals surface area contributed by atoms with Crippen molar-refractivity contribution in [1.82, 2.24) is 23.1 Å². The summed E-state index contributed by atoms with van der Waals surface area (Å²) in [6.07, 6.45) is 1.93. The van der Waals surface area contributed by atoms with Crippen molar-refractivity contribution < 1.29 is 40.5 Å². The van der Waals surface area contributed by atoms with Gasteiger partial charge in [0.2, 0.25) is 11.7 Å². The molecule has 168 valence electrons. The second-order valence-corrected chi connectivity index (χ2v) is 7.93. The van der Waals surface area contributed by atoms with Gasteiger partial charge in [0.1, 0.15) is 5.82 Å². The van der Waals surface area contributed by atoms with Crippen LogP contribution in [0, 0.1) is 5.82 Å². The fraction of sp³-hybridized carbons (Fsp3) is 0.273. The average molecular weight is 463 g/mol. The molecule has 1 aromatic carbocycles. The number of halogens is 1. The van der Waals surface area contributed by atoms with Crippen molar-refractivity contribution in [2.24, 2.45) is 14.1 Å². The molecule has 4 aromatic rings. The summed E-state index contributed by atoms with van der Waals surface area (Å²) in [5, 5.41) is 11.0. The first-order chi connectivity index (χ1) is 15.1. The van der Waals surface area contributed by atoms with E-state index in [1.54, 1.807) is 18.2 Å². The molecule has 11 heteroatoms. The van der Waals surface area contributed by atoms with Crippen LogP contribution in [0.25, 0.3) is 16.9 Å². The summed E-state index contributed by atoms with van der Waals surface area (Å²) < 4.78 is 18.0. The molecule has 0 aliphatic rings. The maximum Gasteiger partial charge on any atom is 1.00 e. The van der Waals surface area contributed by atoms with E-state index in [4.69, 9.17) is 0 Å². The average Bonchev–Trinajstić information content (AvgIpc) is 3.15. The van der Waals surface area contributed by atoms with Crippen LogP contribution < -0.4 is 46.4 Å². The van der Waals surface area contributed by atoms with Crippen LogP contribution in [0.2, 0.25) is 0 Å². The van der Waals surface area contributed by atoms with Crippen molar-refractivity contribution in [2.75, 3.05) is 0 Å². The monoisotopic (exact) mass is 463 g/mol. The predicted molar refractivity (Wildman–Crippen MR) is 119 cm³/mol. The van der Waals surface area contributed by atoms with Crippen molar-refractivity contribution in [3.05, 3.63) is 84.1 Å². The SMILES string of the molecule is CC(C)=CCc1c(O)n(Cc2ccc(F)cc2)c2nc3c(c(=O)n(C)c(=O)n3C)n2c1=O.[H-].[Na+]. The number of allylic oxidation sites excluding steroid dienone is 2. The van der Waals surface area contributed by atoms with E-state index in [0.29, 0.717) is 5.56 Å². The second kappa shape index (κ2) is 9.12. The van der Waals surface area contributed by atoms with Crippen LogP contribution in [-0.2, 0) is 27.1 Å². The zero-order valence-electron chi connectivity index (χ0n) is 20.1. The third-order valence-corrected chi connectivity index (χ3v) is 5.44. The number of benzene rings is 1. The molecule has 0 saturated carbocycles. The number of hydrogen-bond acceptors (Lipinski definition) is 5. The molecule has 3 aromatic heterocycles. The van der Waals surface area contributed by atoms with Gasteiger partial charge < -0.3 is 6.53 Å². The molecule has 0 saturated heterocycles. The van der Waals surface area contributed by atoms with Gasteiger partial charge in [-0.05, 0) is 31.5 Å². The molecule has 0 radical (unpaired) electrons. The largest absolute Gasteiger partial charge is 1.00 e. The Kier molecular flexibility index (Phi) is 6.83. The van der Waals surface area contributed by atoms with Crippen LogP contribution in [-0.4, -0.2) is 28.2 Å². The fourth-order valence-corrected chi connectivity index (χ4v) is 3.65. The number of fused-ring (bicyclic) bond motifs is 3. The molecule has 0 aliphatic heterocycles. The molecule has 9 nitrogen and oxygen atoms in total. The zero-order valence-corrected chi connectivity index (χ0v) is 21.1. The summed E-state index contributed by atoms with van der Waals surface area (Å²) in [7, 11) is 2.78. The normalized spacial score (nSPS) is 11.1. The van der Waals surface area contributed by atoms with Crippen molar-refractivity contribution >= 4 is 16.9 Å². The number of imidazole rings is 1. The van der Waals surface area contributed by atoms with E-state index in [2.05, 4.69) is 4.98 Å². The van der Waals surface area contributed by atoms with Gasteiger partial charge in [-0.25, -0.2) is 13.6 Å². The molecule has 0 amide bonds. The third-order valence-electron chi connectivity index (χ3n) is 5.44. The van der Waals surface area contributed by atoms with Gasteiger partial charge in [0.05, 0.1) is 12.1 Å². The Bertz CT molecular complexity index is 1600. The van der Waals surface area contributed by atoms with Crippen LogP contribution >= 0.6 is 0 Å². The van der Waals surface area contributed by atoms with E-state index in [1.165, 1.54) is 35.4 Å². The number of aromatic hydroxyl groups is 1. The van der Waals surface area contributed by atoms with E-state index in [-0.39, 0.29) is 72.3 Å². The maximum atomic E-state index is 13.4. The Morgan fingerprint density at radius 2 is 1.73 bits per heavy atom. The zero-order chi connectivity index (χ0) is 23.3. The quantitative estimate of drug-likeness (QED) is 0.295. The first-order valence-corrected chi connectivity index (χ1v) is 9.92. The van der Waals surface area contributed by atoms with E-state index < -0.39 is 22.6 Å². The molecule has 4 rings (SSSR count). The molecule has 0 bridgehead atoms. The van der Waals surface area contributed by atoms with Crippen molar-refractivity contribution in [3.8, 4) is 5.88 Å². The number of hydrogen-bond donors (Lipinski definition) is 1. The molecule has 0 aliphatic carbocycles. The Hall–Kier alpha value is -2.95. The Morgan fingerprint density at radius 3 is 2.33 bits per heavy atom. The number of aromatic nitrogens is 5. The van der Waals surface area contributed by atoms with Gasteiger partial charge >= 0.3 is 35.2 Å². The fourth-order valence-electron chi connectivity index (χ4n) is 3.65. The summed E-state index contributed by atoms with van der Waals surface area (Å²) in [6, 6.07) is 5.68. The van der Waals surface area contributed by atoms with Crippen molar-refractivity contribution in [1.29, 1.82) is 0 Å². The van der Waals surface area contributed by atoms with Crippen LogP contribution in [0.3, 0.4) is 0 Å². The van der Waals surface area contributed by atoms with Gasteiger partial charge in [0.15, 0.2) is 11.2 Å². The molecule has 0 atom stereocenters. The molecule has 33 heavy (non-hydrogen) atoms. The molecule has 0 fully saturated rings. The molecule has 3 heterocycles. The minimum absolute atomic E-state index is 0. The minimum atomic E-state index is -0.667. The smallest absolute Gasteiger partial charge is 1.00 e. The Morgan fingerprint density at radius 1 is 1.09 bits per heavy atom. The summed E-state index contributed by atoms with van der Waals surface area (Å²) in [5.41, 5.74) is -0.197. The van der Waals surface area contributed by atoms with Gasteiger partial charge in [0, 0.05) is 20.5 Å². The second-order valence-electron chi connectivity index (χ2n) is 7.93. The van der Waals surface area contributed by atoms with E-state index in [1.807, 2.05) is 13.8 Å². The number of aryl methyl sites for hydroxylation is 1. The topological polar surface area (TPSA) is 104 Å². The molecular formula is C22H23FN5NaO4. The molecular weight excluding hydrogens is 440 g/mol. The van der Waals surface area contributed by atoms with Crippen LogP contribution in [0.4, 0.5) is 4.39 Å².